The molecule has 0 aromatic heterocycles. The lowest BCUT2D eigenvalue weighted by molar-refractivity contribution is -0.870. The summed E-state index contributed by atoms with van der Waals surface area (Å²) in [6.07, 6.45) is 11.9. The third-order valence-electron chi connectivity index (χ3n) is 6.14. The maximum atomic E-state index is 13.1. The van der Waals surface area contributed by atoms with E-state index in [1.54, 1.807) is 0 Å². The number of ketones is 1. The van der Waals surface area contributed by atoms with Gasteiger partial charge in [0, 0.05) is 12.8 Å². The van der Waals surface area contributed by atoms with Crippen molar-refractivity contribution in [3.8, 4) is 0 Å². The molecule has 0 saturated carbocycles. The van der Waals surface area contributed by atoms with Crippen LogP contribution in [0, 0.1) is 0 Å². The normalized spacial score (nSPS) is 15.2. The van der Waals surface area contributed by atoms with E-state index in [9.17, 15) is 19.4 Å². The molecule has 8 nitrogen and oxygen atoms in total. The molecule has 0 aliphatic carbocycles. The zero-order chi connectivity index (χ0) is 28.2. The van der Waals surface area contributed by atoms with Gasteiger partial charge in [-0.2, -0.15) is 0 Å². The van der Waals surface area contributed by atoms with Crippen LogP contribution in [0.1, 0.15) is 110 Å². The molecule has 0 aliphatic rings. The summed E-state index contributed by atoms with van der Waals surface area (Å²) in [5, 5.41) is 10.3. The average molecular weight is 569 g/mol. The molecule has 220 valence electrons. The van der Waals surface area contributed by atoms with E-state index in [4.69, 9.17) is 26.0 Å². The lowest BCUT2D eigenvalue weighted by atomic mass is 10.0. The first-order chi connectivity index (χ1) is 17.5. The maximum absolute atomic E-state index is 13.1. The Morgan fingerprint density at radius 3 is 1.84 bits per heavy atom. The van der Waals surface area contributed by atoms with Gasteiger partial charge in [-0.05, 0) is 25.1 Å². The Balaban J connectivity index is 5.06. The van der Waals surface area contributed by atoms with Gasteiger partial charge in [-0.3, -0.25) is 13.8 Å². The molecule has 0 radical (unpaired) electrons. The number of ether oxygens (including phenoxy) is 1. The number of unbranched alkanes of at least 4 members (excludes halogenated alkanes) is 11. The van der Waals surface area contributed by atoms with Crippen molar-refractivity contribution in [2.24, 2.45) is 0 Å². The predicted molar refractivity (Wildman–Crippen MR) is 154 cm³/mol. The SMILES string of the molecule is CCCCCCCCCC(=O)C(OP(=O)(O)OCC[N+](C)(C)C)[C@H](CO)OC(=S)CCCCCCCC. The fourth-order valence-electron chi connectivity index (χ4n) is 3.81. The number of hydrogen-bond donors (Lipinski definition) is 2. The number of aliphatic hydroxyl groups is 1. The Labute approximate surface area is 231 Å². The number of carbonyl (C=O) groups is 1. The molecule has 0 bridgehead atoms. The number of rotatable bonds is 25. The highest BCUT2D eigenvalue weighted by Gasteiger charge is 2.38. The zero-order valence-electron chi connectivity index (χ0n) is 24.1. The van der Waals surface area contributed by atoms with Crippen LogP contribution in [-0.4, -0.2) is 78.4 Å². The van der Waals surface area contributed by atoms with Crippen LogP contribution in [0.2, 0.25) is 0 Å². The number of hydrogen-bond acceptors (Lipinski definition) is 7. The number of likely N-dealkylation sites (N-methyl/N-ethyl adjacent to an activating group) is 1. The van der Waals surface area contributed by atoms with Gasteiger partial charge < -0.3 is 19.2 Å². The van der Waals surface area contributed by atoms with Crippen molar-refractivity contribution in [2.75, 3.05) is 40.9 Å². The van der Waals surface area contributed by atoms with Gasteiger partial charge in [-0.15, -0.1) is 0 Å². The second-order valence-electron chi connectivity index (χ2n) is 10.9. The van der Waals surface area contributed by atoms with Crippen LogP contribution < -0.4 is 0 Å². The highest BCUT2D eigenvalue weighted by Crippen LogP contribution is 2.45. The summed E-state index contributed by atoms with van der Waals surface area (Å²) in [5.41, 5.74) is 0. The maximum Gasteiger partial charge on any atom is 0.473 e. The minimum absolute atomic E-state index is 0.0168. The van der Waals surface area contributed by atoms with E-state index in [2.05, 4.69) is 13.8 Å². The Morgan fingerprint density at radius 2 is 1.35 bits per heavy atom. The quantitative estimate of drug-likeness (QED) is 0.0568. The number of Topliss-reactive ketones (excluding diaryl/α,β-unsaturated/α-hetero) is 1. The van der Waals surface area contributed by atoms with Crippen molar-refractivity contribution in [3.63, 3.8) is 0 Å². The molecule has 37 heavy (non-hydrogen) atoms. The van der Waals surface area contributed by atoms with Crippen LogP contribution in [0.15, 0.2) is 0 Å². The van der Waals surface area contributed by atoms with Crippen molar-refractivity contribution in [3.05, 3.63) is 0 Å². The highest BCUT2D eigenvalue weighted by molar-refractivity contribution is 7.80. The Hall–Kier alpha value is -0.410. The minimum Gasteiger partial charge on any atom is -0.478 e. The molecule has 2 N–H and O–H groups in total. The molecule has 0 fully saturated rings. The first-order valence-electron chi connectivity index (χ1n) is 14.2. The molecule has 0 heterocycles. The molecule has 0 aromatic rings. The standard InChI is InChI=1S/C27H54NO7PS/c1-6-8-10-12-14-15-17-19-24(30)27(35-36(31,32)33-22-21-28(3,4)5)25(23-29)34-26(37)20-18-16-13-11-9-7-2/h25,27,29H,6-23H2,1-5H3/p+1/t25-,27?/m0/s1. The summed E-state index contributed by atoms with van der Waals surface area (Å²) in [5.74, 6) is -0.389. The molecular weight excluding hydrogens is 513 g/mol. The molecule has 0 rings (SSSR count). The second-order valence-corrected chi connectivity index (χ2v) is 12.8. The van der Waals surface area contributed by atoms with Crippen LogP contribution in [-0.2, 0) is 23.1 Å². The molecule has 3 atom stereocenters. The van der Waals surface area contributed by atoms with E-state index in [-0.39, 0.29) is 23.9 Å². The van der Waals surface area contributed by atoms with Crippen LogP contribution in [0.25, 0.3) is 0 Å². The fourth-order valence-corrected chi connectivity index (χ4v) is 4.99. The van der Waals surface area contributed by atoms with Gasteiger partial charge >= 0.3 is 7.82 Å². The topological polar surface area (TPSA) is 102 Å². The van der Waals surface area contributed by atoms with Gasteiger partial charge in [-0.1, -0.05) is 84.5 Å². The number of carbonyl (C=O) groups excluding carboxylic acids is 1. The Kier molecular flexibility index (Phi) is 21.2. The van der Waals surface area contributed by atoms with Crippen molar-refractivity contribution >= 4 is 30.9 Å². The van der Waals surface area contributed by atoms with Crippen LogP contribution in [0.5, 0.6) is 0 Å². The number of quaternary nitrogens is 1. The lowest BCUT2D eigenvalue weighted by Crippen LogP contribution is -2.41. The van der Waals surface area contributed by atoms with E-state index < -0.39 is 26.6 Å². The van der Waals surface area contributed by atoms with Crippen molar-refractivity contribution in [2.45, 2.75) is 122 Å². The van der Waals surface area contributed by atoms with Crippen molar-refractivity contribution in [1.29, 1.82) is 0 Å². The highest BCUT2D eigenvalue weighted by atomic mass is 32.1. The molecule has 0 saturated heterocycles. The smallest absolute Gasteiger partial charge is 0.473 e. The first-order valence-corrected chi connectivity index (χ1v) is 16.1. The van der Waals surface area contributed by atoms with Gasteiger partial charge in [0.05, 0.1) is 27.7 Å². The van der Waals surface area contributed by atoms with E-state index in [1.165, 1.54) is 38.5 Å². The van der Waals surface area contributed by atoms with Gasteiger partial charge in [0.1, 0.15) is 13.2 Å². The number of phosphoric acid groups is 1. The summed E-state index contributed by atoms with van der Waals surface area (Å²) < 4.78 is 29.4. The van der Waals surface area contributed by atoms with Gasteiger partial charge in [-0.25, -0.2) is 4.57 Å². The van der Waals surface area contributed by atoms with Crippen LogP contribution in [0.4, 0.5) is 0 Å². The third-order valence-corrected chi connectivity index (χ3v) is 7.45. The second kappa shape index (κ2) is 21.4. The van der Waals surface area contributed by atoms with Gasteiger partial charge in [0.25, 0.3) is 0 Å². The molecule has 0 aromatic carbocycles. The Morgan fingerprint density at radius 1 is 0.865 bits per heavy atom. The summed E-state index contributed by atoms with van der Waals surface area (Å²) in [4.78, 5) is 23.4. The minimum atomic E-state index is -4.56. The van der Waals surface area contributed by atoms with E-state index in [1.807, 2.05) is 21.1 Å². The first kappa shape index (κ1) is 36.6. The number of aliphatic hydroxyl groups excluding tert-OH is 1. The molecule has 2 unspecified atom stereocenters. The lowest BCUT2D eigenvalue weighted by Gasteiger charge is -2.28. The van der Waals surface area contributed by atoms with E-state index >= 15 is 0 Å². The number of nitrogens with zero attached hydrogens (tertiary/aromatic N) is 1. The summed E-state index contributed by atoms with van der Waals surface area (Å²) in [6.45, 7) is 4.24. The van der Waals surface area contributed by atoms with Crippen molar-refractivity contribution < 1.29 is 37.6 Å². The predicted octanol–water partition coefficient (Wildman–Crippen LogP) is 6.36. The number of thiocarbonyl (C=S) groups is 1. The molecule has 0 spiro atoms. The average Bonchev–Trinajstić information content (AvgIpc) is 2.81. The summed E-state index contributed by atoms with van der Waals surface area (Å²) >= 11 is 5.35. The Bertz CT molecular complexity index is 657. The third kappa shape index (κ3) is 21.1. The molecule has 10 heteroatoms. The van der Waals surface area contributed by atoms with E-state index in [0.717, 1.165) is 38.5 Å². The largest absolute Gasteiger partial charge is 0.478 e. The molecule has 0 aliphatic heterocycles. The van der Waals surface area contributed by atoms with Crippen LogP contribution in [0.3, 0.4) is 0 Å². The fraction of sp³-hybridized carbons (Fsp3) is 0.926. The molecule has 0 amide bonds. The summed E-state index contributed by atoms with van der Waals surface area (Å²) in [7, 11) is 1.24. The van der Waals surface area contributed by atoms with E-state index in [0.29, 0.717) is 23.9 Å². The number of phosphoric ester groups is 1. The monoisotopic (exact) mass is 568 g/mol. The van der Waals surface area contributed by atoms with Crippen LogP contribution >= 0.6 is 20.0 Å². The van der Waals surface area contributed by atoms with Gasteiger partial charge in [0.2, 0.25) is 0 Å². The van der Waals surface area contributed by atoms with Crippen molar-refractivity contribution in [1.82, 2.24) is 0 Å². The zero-order valence-corrected chi connectivity index (χ0v) is 25.8. The van der Waals surface area contributed by atoms with Gasteiger partial charge in [0.15, 0.2) is 23.0 Å². The summed E-state index contributed by atoms with van der Waals surface area (Å²) in [6, 6.07) is 0. The molecular formula is C27H55NO7PS+.